The van der Waals surface area contributed by atoms with Crippen molar-refractivity contribution < 1.29 is 8.42 Å². The van der Waals surface area contributed by atoms with Crippen molar-refractivity contribution in [1.29, 1.82) is 0 Å². The fourth-order valence-corrected chi connectivity index (χ4v) is 4.21. The Morgan fingerprint density at radius 3 is 2.27 bits per heavy atom. The zero-order chi connectivity index (χ0) is 21.1. The highest BCUT2D eigenvalue weighted by Crippen LogP contribution is 2.24. The van der Waals surface area contributed by atoms with Crippen LogP contribution in [0, 0.1) is 6.92 Å². The number of rotatable bonds is 6. The Bertz CT molecular complexity index is 1250. The van der Waals surface area contributed by atoms with E-state index in [2.05, 4.69) is 15.4 Å². The molecule has 0 bridgehead atoms. The minimum atomic E-state index is -3.96. The van der Waals surface area contributed by atoms with E-state index in [9.17, 15) is 8.42 Å². The van der Waals surface area contributed by atoms with Gasteiger partial charge in [-0.1, -0.05) is 71.8 Å². The predicted octanol–water partition coefficient (Wildman–Crippen LogP) is 4.76. The summed E-state index contributed by atoms with van der Waals surface area (Å²) in [5, 5.41) is 7.87. The molecule has 0 saturated carbocycles. The van der Waals surface area contributed by atoms with E-state index in [0.717, 1.165) is 20.8 Å². The minimum absolute atomic E-state index is 0.0787. The third-order valence-corrected chi connectivity index (χ3v) is 6.35. The molecule has 0 spiro atoms. The normalized spacial score (nSPS) is 11.4. The fraction of sp³-hybridized carbons (Fsp3) is 0.0909. The Labute approximate surface area is 180 Å². The van der Waals surface area contributed by atoms with Gasteiger partial charge in [-0.15, -0.1) is 9.19 Å². The van der Waals surface area contributed by atoms with Crippen LogP contribution in [0.3, 0.4) is 0 Å². The predicted molar refractivity (Wildman–Crippen MR) is 118 cm³/mol. The van der Waals surface area contributed by atoms with Gasteiger partial charge in [0.05, 0.1) is 4.90 Å². The standard InChI is InChI=1S/C22H19ClN4O2S/c1-16-7-9-18(10-8-16)21-25-22(24-15-17-5-3-2-4-6-17)27(26-21)30(28,29)20-13-11-19(23)12-14-20/h2-14H,15H2,1H3,(H,24,25,26). The second kappa shape index (κ2) is 8.30. The molecule has 0 unspecified atom stereocenters. The summed E-state index contributed by atoms with van der Waals surface area (Å²) in [4.78, 5) is 4.55. The molecular weight excluding hydrogens is 420 g/mol. The number of anilines is 1. The Balaban J connectivity index is 1.76. The van der Waals surface area contributed by atoms with Gasteiger partial charge >= 0.3 is 0 Å². The van der Waals surface area contributed by atoms with Gasteiger partial charge in [0.2, 0.25) is 5.95 Å². The molecule has 1 N–H and O–H groups in total. The number of nitrogens with zero attached hydrogens (tertiary/aromatic N) is 3. The number of aromatic nitrogens is 3. The number of hydrogen-bond donors (Lipinski definition) is 1. The Hall–Kier alpha value is -3.16. The average Bonchev–Trinajstić information content (AvgIpc) is 3.19. The lowest BCUT2D eigenvalue weighted by Crippen LogP contribution is -2.18. The van der Waals surface area contributed by atoms with Crippen molar-refractivity contribution in [2.45, 2.75) is 18.4 Å². The van der Waals surface area contributed by atoms with Gasteiger partial charge in [0, 0.05) is 17.1 Å². The van der Waals surface area contributed by atoms with Crippen molar-refractivity contribution in [2.75, 3.05) is 5.32 Å². The minimum Gasteiger partial charge on any atom is -0.349 e. The average molecular weight is 439 g/mol. The van der Waals surface area contributed by atoms with Crippen LogP contribution in [0.5, 0.6) is 0 Å². The molecular formula is C22H19ClN4O2S. The van der Waals surface area contributed by atoms with Crippen molar-refractivity contribution in [1.82, 2.24) is 14.2 Å². The van der Waals surface area contributed by atoms with Crippen LogP contribution in [0.1, 0.15) is 11.1 Å². The van der Waals surface area contributed by atoms with Crippen molar-refractivity contribution >= 4 is 27.6 Å². The number of aryl methyl sites for hydroxylation is 1. The van der Waals surface area contributed by atoms with E-state index in [1.165, 1.54) is 24.3 Å². The van der Waals surface area contributed by atoms with Crippen molar-refractivity contribution in [3.05, 3.63) is 95.0 Å². The number of halogens is 1. The molecule has 0 aliphatic carbocycles. The lowest BCUT2D eigenvalue weighted by atomic mass is 10.1. The highest BCUT2D eigenvalue weighted by Gasteiger charge is 2.24. The maximum atomic E-state index is 13.3. The molecule has 3 aromatic carbocycles. The monoisotopic (exact) mass is 438 g/mol. The SMILES string of the molecule is Cc1ccc(-c2nc(NCc3ccccc3)n(S(=O)(=O)c3ccc(Cl)cc3)n2)cc1. The van der Waals surface area contributed by atoms with Crippen LogP contribution in [-0.2, 0) is 16.6 Å². The second-order valence-corrected chi connectivity index (χ2v) is 8.97. The van der Waals surface area contributed by atoms with E-state index in [4.69, 9.17) is 11.6 Å². The molecule has 4 rings (SSSR count). The van der Waals surface area contributed by atoms with Gasteiger partial charge in [0.1, 0.15) is 0 Å². The van der Waals surface area contributed by atoms with Crippen LogP contribution in [-0.4, -0.2) is 22.6 Å². The van der Waals surface area contributed by atoms with E-state index >= 15 is 0 Å². The zero-order valence-corrected chi connectivity index (χ0v) is 17.7. The van der Waals surface area contributed by atoms with E-state index in [1.54, 1.807) is 0 Å². The first-order chi connectivity index (χ1) is 14.4. The molecule has 0 atom stereocenters. The molecule has 0 aliphatic rings. The summed E-state index contributed by atoms with van der Waals surface area (Å²) in [5.74, 6) is 0.465. The molecule has 1 aromatic heterocycles. The van der Waals surface area contributed by atoms with Gasteiger partial charge in [-0.05, 0) is 36.8 Å². The van der Waals surface area contributed by atoms with E-state index in [0.29, 0.717) is 17.4 Å². The quantitative estimate of drug-likeness (QED) is 0.469. The van der Waals surface area contributed by atoms with Crippen LogP contribution < -0.4 is 5.32 Å². The molecule has 0 radical (unpaired) electrons. The summed E-state index contributed by atoms with van der Waals surface area (Å²) < 4.78 is 27.4. The van der Waals surface area contributed by atoms with Crippen LogP contribution in [0.2, 0.25) is 5.02 Å². The van der Waals surface area contributed by atoms with Crippen LogP contribution >= 0.6 is 11.6 Å². The number of benzene rings is 3. The summed E-state index contributed by atoms with van der Waals surface area (Å²) >= 11 is 5.91. The second-order valence-electron chi connectivity index (χ2n) is 6.77. The van der Waals surface area contributed by atoms with Crippen molar-refractivity contribution in [3.63, 3.8) is 0 Å². The Morgan fingerprint density at radius 1 is 0.933 bits per heavy atom. The molecule has 4 aromatic rings. The molecule has 8 heteroatoms. The number of hydrogen-bond acceptors (Lipinski definition) is 5. The summed E-state index contributed by atoms with van der Waals surface area (Å²) in [7, 11) is -3.96. The molecule has 1 heterocycles. The van der Waals surface area contributed by atoms with Gasteiger partial charge in [0.15, 0.2) is 5.82 Å². The maximum Gasteiger partial charge on any atom is 0.286 e. The summed E-state index contributed by atoms with van der Waals surface area (Å²) in [6.45, 7) is 2.39. The van der Waals surface area contributed by atoms with Crippen LogP contribution in [0.4, 0.5) is 5.95 Å². The molecule has 30 heavy (non-hydrogen) atoms. The number of nitrogens with one attached hydrogen (secondary N) is 1. The van der Waals surface area contributed by atoms with Gasteiger partial charge in [-0.25, -0.2) is 0 Å². The van der Waals surface area contributed by atoms with Crippen LogP contribution in [0.25, 0.3) is 11.4 Å². The molecule has 0 aliphatic heterocycles. The van der Waals surface area contributed by atoms with Gasteiger partial charge in [-0.3, -0.25) is 0 Å². The first-order valence-corrected chi connectivity index (χ1v) is 11.1. The van der Waals surface area contributed by atoms with Gasteiger partial charge in [-0.2, -0.15) is 13.4 Å². The van der Waals surface area contributed by atoms with E-state index in [-0.39, 0.29) is 10.8 Å². The van der Waals surface area contributed by atoms with Crippen molar-refractivity contribution in [2.24, 2.45) is 0 Å². The largest absolute Gasteiger partial charge is 0.349 e. The lowest BCUT2D eigenvalue weighted by Gasteiger charge is -2.09. The molecule has 6 nitrogen and oxygen atoms in total. The zero-order valence-electron chi connectivity index (χ0n) is 16.2. The first-order valence-electron chi connectivity index (χ1n) is 9.26. The first kappa shape index (κ1) is 20.1. The smallest absolute Gasteiger partial charge is 0.286 e. The topological polar surface area (TPSA) is 76.9 Å². The maximum absolute atomic E-state index is 13.3. The Morgan fingerprint density at radius 2 is 1.60 bits per heavy atom. The highest BCUT2D eigenvalue weighted by molar-refractivity contribution is 7.90. The van der Waals surface area contributed by atoms with Gasteiger partial charge in [0.25, 0.3) is 10.0 Å². The fourth-order valence-electron chi connectivity index (χ4n) is 2.88. The summed E-state index contributed by atoms with van der Waals surface area (Å²) in [6, 6.07) is 23.2. The Kier molecular flexibility index (Phi) is 5.57. The van der Waals surface area contributed by atoms with Gasteiger partial charge < -0.3 is 5.32 Å². The van der Waals surface area contributed by atoms with E-state index < -0.39 is 10.0 Å². The molecule has 0 saturated heterocycles. The van der Waals surface area contributed by atoms with Crippen molar-refractivity contribution in [3.8, 4) is 11.4 Å². The molecule has 152 valence electrons. The third kappa shape index (κ3) is 4.22. The lowest BCUT2D eigenvalue weighted by molar-refractivity contribution is 0.580. The highest BCUT2D eigenvalue weighted by atomic mass is 35.5. The third-order valence-electron chi connectivity index (χ3n) is 4.52. The summed E-state index contributed by atoms with van der Waals surface area (Å²) in [6.07, 6.45) is 0. The molecule has 0 fully saturated rings. The van der Waals surface area contributed by atoms with E-state index in [1.807, 2.05) is 61.5 Å². The summed E-state index contributed by atoms with van der Waals surface area (Å²) in [5.41, 5.74) is 2.82. The van der Waals surface area contributed by atoms with Crippen LogP contribution in [0.15, 0.2) is 83.8 Å². The molecule has 0 amide bonds.